The Morgan fingerprint density at radius 1 is 0.852 bits per heavy atom. The molecule has 4 heteroatoms. The molecule has 1 amide bonds. The number of anilines is 1. The molecule has 1 unspecified atom stereocenters. The number of thioether (sulfide) groups is 1. The maximum atomic E-state index is 13.5. The van der Waals surface area contributed by atoms with E-state index in [1.54, 1.807) is 4.90 Å². The molecule has 0 saturated heterocycles. The van der Waals surface area contributed by atoms with Gasteiger partial charge >= 0.3 is 0 Å². The number of fused-ring (bicyclic) bond motifs is 1. The smallest absolute Gasteiger partial charge is 0.258 e. The molecular weight excluding hydrogens is 352 g/mol. The number of carbonyl (C=O) groups excluding carboxylic acids is 1. The molecule has 0 bridgehead atoms. The van der Waals surface area contributed by atoms with Crippen LogP contribution in [0.2, 0.25) is 0 Å². The Labute approximate surface area is 163 Å². The van der Waals surface area contributed by atoms with Crippen LogP contribution in [0.5, 0.6) is 0 Å². The molecule has 4 rings (SSSR count). The Balaban J connectivity index is 1.76. The second-order valence-corrected chi connectivity index (χ2v) is 7.89. The average molecular weight is 370 g/mol. The molecule has 0 N–H and O–H groups in total. The summed E-state index contributed by atoms with van der Waals surface area (Å²) in [7, 11) is 0. The summed E-state index contributed by atoms with van der Waals surface area (Å²) in [5.41, 5.74) is 2.90. The average Bonchev–Trinajstić information content (AvgIpc) is 2.72. The highest BCUT2D eigenvalue weighted by Crippen LogP contribution is 2.47. The predicted octanol–water partition coefficient (Wildman–Crippen LogP) is 4.83. The van der Waals surface area contributed by atoms with Gasteiger partial charge in [0.15, 0.2) is 4.75 Å². The summed E-state index contributed by atoms with van der Waals surface area (Å²) in [5, 5.41) is 10.1. The Kier molecular flexibility index (Phi) is 4.70. The Bertz CT molecular complexity index is 998. The summed E-state index contributed by atoms with van der Waals surface area (Å²) in [4.78, 5) is 16.3. The first kappa shape index (κ1) is 17.4. The van der Waals surface area contributed by atoms with E-state index in [-0.39, 0.29) is 5.91 Å². The first-order valence-corrected chi connectivity index (χ1v) is 9.63. The summed E-state index contributed by atoms with van der Waals surface area (Å²) in [6, 6.07) is 29.8. The standard InChI is InChI=1S/C23H18N2OS/c24-17-23(15-18-9-3-1-4-10-18)22(26)25(16-19-11-5-2-6-12-19)20-13-7-8-14-21(20)27-23/h1-14H,15-16H2. The number of benzene rings is 3. The molecule has 132 valence electrons. The molecule has 3 aromatic rings. The summed E-state index contributed by atoms with van der Waals surface area (Å²) in [6.45, 7) is 0.454. The second-order valence-electron chi connectivity index (χ2n) is 6.55. The van der Waals surface area contributed by atoms with Gasteiger partial charge in [-0.1, -0.05) is 84.6 Å². The molecule has 1 heterocycles. The van der Waals surface area contributed by atoms with Crippen molar-refractivity contribution in [2.75, 3.05) is 4.90 Å². The molecule has 0 radical (unpaired) electrons. The van der Waals surface area contributed by atoms with Crippen molar-refractivity contribution in [2.45, 2.75) is 22.6 Å². The molecule has 1 aliphatic heterocycles. The number of carbonyl (C=O) groups is 1. The van der Waals surface area contributed by atoms with Gasteiger partial charge in [-0.3, -0.25) is 4.79 Å². The third kappa shape index (κ3) is 3.34. The maximum absolute atomic E-state index is 13.5. The lowest BCUT2D eigenvalue weighted by molar-refractivity contribution is -0.120. The van der Waals surface area contributed by atoms with E-state index < -0.39 is 4.75 Å². The minimum atomic E-state index is -1.16. The molecule has 0 spiro atoms. The summed E-state index contributed by atoms with van der Waals surface area (Å²) in [6.07, 6.45) is 0.382. The van der Waals surface area contributed by atoms with Crippen LogP contribution < -0.4 is 4.90 Å². The summed E-state index contributed by atoms with van der Waals surface area (Å²) < 4.78 is -1.16. The molecule has 0 aromatic heterocycles. The van der Waals surface area contributed by atoms with Gasteiger partial charge in [0, 0.05) is 11.3 Å². The van der Waals surface area contributed by atoms with Crippen LogP contribution in [-0.2, 0) is 17.8 Å². The van der Waals surface area contributed by atoms with Crippen molar-refractivity contribution in [2.24, 2.45) is 0 Å². The lowest BCUT2D eigenvalue weighted by Crippen LogP contribution is -2.50. The third-order valence-electron chi connectivity index (χ3n) is 4.69. The monoisotopic (exact) mass is 370 g/mol. The van der Waals surface area contributed by atoms with Crippen molar-refractivity contribution in [1.82, 2.24) is 0 Å². The first-order chi connectivity index (χ1) is 13.2. The minimum Gasteiger partial charge on any atom is -0.305 e. The molecular formula is C23H18N2OS. The quantitative estimate of drug-likeness (QED) is 0.661. The van der Waals surface area contributed by atoms with Gasteiger partial charge in [0.1, 0.15) is 0 Å². The van der Waals surface area contributed by atoms with Crippen molar-refractivity contribution < 1.29 is 4.79 Å². The van der Waals surface area contributed by atoms with Crippen molar-refractivity contribution in [1.29, 1.82) is 5.26 Å². The molecule has 1 atom stereocenters. The fourth-order valence-corrected chi connectivity index (χ4v) is 4.64. The van der Waals surface area contributed by atoms with Gasteiger partial charge in [-0.05, 0) is 23.3 Å². The van der Waals surface area contributed by atoms with Crippen LogP contribution in [0.4, 0.5) is 5.69 Å². The lowest BCUT2D eigenvalue weighted by Gasteiger charge is -2.38. The van der Waals surface area contributed by atoms with E-state index >= 15 is 0 Å². The van der Waals surface area contributed by atoms with Gasteiger partial charge in [-0.2, -0.15) is 5.26 Å². The lowest BCUT2D eigenvalue weighted by atomic mass is 9.97. The van der Waals surface area contributed by atoms with Gasteiger partial charge in [-0.15, -0.1) is 0 Å². The number of hydrogen-bond acceptors (Lipinski definition) is 3. The zero-order valence-electron chi connectivity index (χ0n) is 14.7. The van der Waals surface area contributed by atoms with E-state index in [9.17, 15) is 10.1 Å². The number of amides is 1. The van der Waals surface area contributed by atoms with Gasteiger partial charge in [0.2, 0.25) is 0 Å². The van der Waals surface area contributed by atoms with E-state index in [0.29, 0.717) is 13.0 Å². The maximum Gasteiger partial charge on any atom is 0.258 e. The molecule has 0 saturated carbocycles. The fraction of sp³-hybridized carbons (Fsp3) is 0.130. The van der Waals surface area contributed by atoms with E-state index in [2.05, 4.69) is 6.07 Å². The van der Waals surface area contributed by atoms with Gasteiger partial charge in [0.05, 0.1) is 18.3 Å². The van der Waals surface area contributed by atoms with Gasteiger partial charge < -0.3 is 4.90 Å². The van der Waals surface area contributed by atoms with Crippen LogP contribution in [-0.4, -0.2) is 10.7 Å². The summed E-state index contributed by atoms with van der Waals surface area (Å²) in [5.74, 6) is -0.151. The van der Waals surface area contributed by atoms with E-state index in [4.69, 9.17) is 0 Å². The van der Waals surface area contributed by atoms with Crippen LogP contribution in [0.3, 0.4) is 0 Å². The van der Waals surface area contributed by atoms with Crippen molar-refractivity contribution >= 4 is 23.4 Å². The van der Waals surface area contributed by atoms with Crippen molar-refractivity contribution in [3.05, 3.63) is 96.1 Å². The normalized spacial score (nSPS) is 18.6. The number of para-hydroxylation sites is 1. The number of hydrogen-bond donors (Lipinski definition) is 0. The summed E-state index contributed by atoms with van der Waals surface area (Å²) >= 11 is 1.37. The number of nitrogens with zero attached hydrogens (tertiary/aromatic N) is 2. The minimum absolute atomic E-state index is 0.151. The zero-order valence-corrected chi connectivity index (χ0v) is 15.5. The second kappa shape index (κ2) is 7.30. The Morgan fingerprint density at radius 2 is 1.44 bits per heavy atom. The first-order valence-electron chi connectivity index (χ1n) is 8.81. The van der Waals surface area contributed by atoms with Gasteiger partial charge in [-0.25, -0.2) is 0 Å². The van der Waals surface area contributed by atoms with Crippen LogP contribution in [0.25, 0.3) is 0 Å². The van der Waals surface area contributed by atoms with Gasteiger partial charge in [0.25, 0.3) is 5.91 Å². The largest absolute Gasteiger partial charge is 0.305 e. The third-order valence-corrected chi connectivity index (χ3v) is 6.01. The topological polar surface area (TPSA) is 44.1 Å². The number of rotatable bonds is 4. The fourth-order valence-electron chi connectivity index (χ4n) is 3.35. The molecule has 0 fully saturated rings. The predicted molar refractivity (Wildman–Crippen MR) is 108 cm³/mol. The van der Waals surface area contributed by atoms with Crippen LogP contribution in [0.1, 0.15) is 11.1 Å². The highest BCUT2D eigenvalue weighted by atomic mass is 32.2. The van der Waals surface area contributed by atoms with E-state index in [1.807, 2.05) is 84.9 Å². The Morgan fingerprint density at radius 3 is 2.11 bits per heavy atom. The van der Waals surface area contributed by atoms with E-state index in [1.165, 1.54) is 11.8 Å². The molecule has 0 aliphatic carbocycles. The molecule has 27 heavy (non-hydrogen) atoms. The van der Waals surface area contributed by atoms with Crippen LogP contribution >= 0.6 is 11.8 Å². The highest BCUT2D eigenvalue weighted by Gasteiger charge is 2.47. The van der Waals surface area contributed by atoms with Crippen molar-refractivity contribution in [3.8, 4) is 6.07 Å². The highest BCUT2D eigenvalue weighted by molar-refractivity contribution is 8.02. The molecule has 3 nitrogen and oxygen atoms in total. The van der Waals surface area contributed by atoms with E-state index in [0.717, 1.165) is 21.7 Å². The SMILES string of the molecule is N#CC1(Cc2ccccc2)Sc2ccccc2N(Cc2ccccc2)C1=O. The molecule has 3 aromatic carbocycles. The van der Waals surface area contributed by atoms with Crippen LogP contribution in [0.15, 0.2) is 89.8 Å². The number of nitriles is 1. The Hall–Kier alpha value is -3.03. The molecule has 1 aliphatic rings. The zero-order chi connectivity index (χ0) is 18.7. The van der Waals surface area contributed by atoms with Crippen molar-refractivity contribution in [3.63, 3.8) is 0 Å². The van der Waals surface area contributed by atoms with Crippen LogP contribution in [0, 0.1) is 11.3 Å².